The van der Waals surface area contributed by atoms with Gasteiger partial charge in [0, 0.05) is 0 Å². The molecule has 8 nitrogen and oxygen atoms in total. The quantitative estimate of drug-likeness (QED) is 0.424. The summed E-state index contributed by atoms with van der Waals surface area (Å²) in [6.45, 7) is 0. The highest BCUT2D eigenvalue weighted by molar-refractivity contribution is 8.30. The van der Waals surface area contributed by atoms with Crippen LogP contribution in [0.5, 0.6) is 0 Å². The Morgan fingerprint density at radius 1 is 0.676 bits per heavy atom. The Labute approximate surface area is 212 Å². The number of hydrogen-bond donors (Lipinski definition) is 2. The van der Waals surface area contributed by atoms with Crippen LogP contribution in [0.2, 0.25) is 0 Å². The van der Waals surface area contributed by atoms with Crippen molar-refractivity contribution in [3.05, 3.63) is 69.5 Å². The van der Waals surface area contributed by atoms with Crippen molar-refractivity contribution in [1.82, 2.24) is 0 Å². The number of nitrogens with zero attached hydrogens (tertiary/aromatic N) is 2. The fourth-order valence-electron chi connectivity index (χ4n) is 3.33. The highest BCUT2D eigenvalue weighted by Gasteiger charge is 2.43. The largest absolute Gasteiger partial charge is 0.481 e. The van der Waals surface area contributed by atoms with Crippen LogP contribution in [0, 0.1) is 0 Å². The lowest BCUT2D eigenvalue weighted by Gasteiger charge is -2.15. The molecule has 0 unspecified atom stereocenters. The van der Waals surface area contributed by atoms with E-state index in [1.54, 1.807) is 48.5 Å². The molecule has 2 amide bonds. The lowest BCUT2D eigenvalue weighted by Crippen LogP contribution is -2.29. The molecule has 0 radical (unpaired) electrons. The van der Waals surface area contributed by atoms with Crippen molar-refractivity contribution in [2.24, 2.45) is 0 Å². The Balaban J connectivity index is 1.59. The molecule has 2 aromatic rings. The molecule has 0 saturated carbocycles. The maximum absolute atomic E-state index is 13.2. The standard InChI is InChI=1S/C22H14N2O6S4/c25-15(26)9-11-1-5-13(6-2-11)23-19(29)17(33-21(23)31)18-20(30)24(22(32)34-18)14-7-3-12(4-8-14)10-16(27)28/h1-8H,9-10H2,(H,25,26)(H,27,28)/b18-17+. The SMILES string of the molecule is O=C(O)Cc1ccc(N2C(=O)/C(=C3\SC(=S)N(c4ccc(CC(=O)O)cc4)C3=O)SC2=S)cc1. The molecule has 34 heavy (non-hydrogen) atoms. The second kappa shape index (κ2) is 9.66. The molecule has 0 atom stereocenters. The van der Waals surface area contributed by atoms with Crippen molar-refractivity contribution in [2.75, 3.05) is 9.80 Å². The summed E-state index contributed by atoms with van der Waals surface area (Å²) in [7, 11) is 0. The van der Waals surface area contributed by atoms with Crippen LogP contribution in [0.15, 0.2) is 58.3 Å². The van der Waals surface area contributed by atoms with E-state index in [2.05, 4.69) is 0 Å². The number of carboxylic acid groups (broad SMARTS) is 2. The predicted octanol–water partition coefficient (Wildman–Crippen LogP) is 3.58. The number of thioether (sulfide) groups is 2. The van der Waals surface area contributed by atoms with E-state index in [1.807, 2.05) is 0 Å². The normalized spacial score (nSPS) is 18.2. The van der Waals surface area contributed by atoms with Crippen molar-refractivity contribution in [1.29, 1.82) is 0 Å². The molecule has 2 N–H and O–H groups in total. The number of thiocarbonyl (C=S) groups is 2. The first-order valence-corrected chi connectivity index (χ1v) is 12.1. The van der Waals surface area contributed by atoms with Crippen molar-refractivity contribution < 1.29 is 29.4 Å². The molecule has 2 fully saturated rings. The van der Waals surface area contributed by atoms with Gasteiger partial charge in [-0.05, 0) is 35.4 Å². The monoisotopic (exact) mass is 530 g/mol. The number of carbonyl (C=O) groups excluding carboxylic acids is 2. The fraction of sp³-hybridized carbons (Fsp3) is 0.0909. The molecule has 2 saturated heterocycles. The molecule has 0 aliphatic carbocycles. The number of hydrogen-bond acceptors (Lipinski definition) is 8. The van der Waals surface area contributed by atoms with Crippen molar-refractivity contribution in [3.63, 3.8) is 0 Å². The molecule has 0 aromatic heterocycles. The highest BCUT2D eigenvalue weighted by atomic mass is 32.2. The molecule has 0 spiro atoms. The smallest absolute Gasteiger partial charge is 0.307 e. The second-order valence-corrected chi connectivity index (χ2v) is 10.4. The van der Waals surface area contributed by atoms with Crippen molar-refractivity contribution in [2.45, 2.75) is 12.8 Å². The first kappa shape index (κ1) is 24.1. The van der Waals surface area contributed by atoms with E-state index in [4.69, 9.17) is 34.6 Å². The molecule has 2 aromatic carbocycles. The van der Waals surface area contributed by atoms with Crippen LogP contribution in [0.25, 0.3) is 0 Å². The van der Waals surface area contributed by atoms with Gasteiger partial charge in [0.15, 0.2) is 8.64 Å². The maximum Gasteiger partial charge on any atom is 0.307 e. The Bertz CT molecular complexity index is 1190. The predicted molar refractivity (Wildman–Crippen MR) is 138 cm³/mol. The first-order valence-electron chi connectivity index (χ1n) is 9.64. The zero-order valence-electron chi connectivity index (χ0n) is 17.1. The van der Waals surface area contributed by atoms with Crippen LogP contribution in [0.1, 0.15) is 11.1 Å². The minimum absolute atomic E-state index is 0.140. The maximum atomic E-state index is 13.2. The number of rotatable bonds is 6. The average Bonchev–Trinajstić information content (AvgIpc) is 3.23. The zero-order chi connectivity index (χ0) is 24.6. The minimum Gasteiger partial charge on any atom is -0.481 e. The Kier molecular flexibility index (Phi) is 6.84. The summed E-state index contributed by atoms with van der Waals surface area (Å²) in [6, 6.07) is 12.9. The summed E-state index contributed by atoms with van der Waals surface area (Å²) in [5.41, 5.74) is 2.10. The summed E-state index contributed by atoms with van der Waals surface area (Å²) in [4.78, 5) is 51.1. The van der Waals surface area contributed by atoms with Gasteiger partial charge < -0.3 is 10.2 Å². The van der Waals surface area contributed by atoms with Crippen molar-refractivity contribution in [3.8, 4) is 0 Å². The van der Waals surface area contributed by atoms with Gasteiger partial charge in [-0.3, -0.25) is 29.0 Å². The number of amides is 2. The summed E-state index contributed by atoms with van der Waals surface area (Å²) in [5.74, 6) is -2.84. The van der Waals surface area contributed by atoms with Gasteiger partial charge in [0.05, 0.1) is 34.0 Å². The van der Waals surface area contributed by atoms with Crippen LogP contribution >= 0.6 is 48.0 Å². The molecule has 4 rings (SSSR count). The number of aliphatic carboxylic acids is 2. The van der Waals surface area contributed by atoms with Gasteiger partial charge in [-0.25, -0.2) is 0 Å². The van der Waals surface area contributed by atoms with Gasteiger partial charge >= 0.3 is 11.9 Å². The van der Waals surface area contributed by atoms with E-state index in [0.717, 1.165) is 23.5 Å². The molecule has 0 bridgehead atoms. The summed E-state index contributed by atoms with van der Waals surface area (Å²) in [6.07, 6.45) is -0.281. The molecular weight excluding hydrogens is 517 g/mol. The van der Waals surface area contributed by atoms with E-state index in [0.29, 0.717) is 22.5 Å². The Morgan fingerprint density at radius 2 is 1.00 bits per heavy atom. The number of carboxylic acids is 2. The van der Waals surface area contributed by atoms with Gasteiger partial charge in [-0.1, -0.05) is 72.2 Å². The van der Waals surface area contributed by atoms with Crippen LogP contribution < -0.4 is 9.80 Å². The second-order valence-electron chi connectivity index (χ2n) is 7.15. The van der Waals surface area contributed by atoms with Gasteiger partial charge in [-0.2, -0.15) is 0 Å². The van der Waals surface area contributed by atoms with Crippen LogP contribution in [0.4, 0.5) is 11.4 Å². The zero-order valence-corrected chi connectivity index (χ0v) is 20.4. The lowest BCUT2D eigenvalue weighted by molar-refractivity contribution is -0.137. The van der Waals surface area contributed by atoms with Crippen LogP contribution in [-0.2, 0) is 32.0 Å². The number of benzene rings is 2. The van der Waals surface area contributed by atoms with Crippen LogP contribution in [-0.4, -0.2) is 42.6 Å². The van der Waals surface area contributed by atoms with Gasteiger partial charge in [0.2, 0.25) is 0 Å². The third-order valence-corrected chi connectivity index (χ3v) is 7.72. The average molecular weight is 531 g/mol. The molecule has 2 heterocycles. The molecule has 172 valence electrons. The summed E-state index contributed by atoms with van der Waals surface area (Å²) >= 11 is 12.8. The van der Waals surface area contributed by atoms with Gasteiger partial charge in [-0.15, -0.1) is 0 Å². The third-order valence-electron chi connectivity index (χ3n) is 4.84. The van der Waals surface area contributed by atoms with Crippen LogP contribution in [0.3, 0.4) is 0 Å². The molecule has 2 aliphatic rings. The topological polar surface area (TPSA) is 115 Å². The third kappa shape index (κ3) is 4.75. The van der Waals surface area contributed by atoms with Crippen molar-refractivity contribution >= 4 is 91.7 Å². The van der Waals surface area contributed by atoms with Gasteiger partial charge in [0.25, 0.3) is 11.8 Å². The van der Waals surface area contributed by atoms with E-state index in [-0.39, 0.29) is 31.3 Å². The Morgan fingerprint density at radius 3 is 1.29 bits per heavy atom. The first-order chi connectivity index (χ1) is 16.2. The summed E-state index contributed by atoms with van der Waals surface area (Å²) < 4.78 is 0.489. The highest BCUT2D eigenvalue weighted by Crippen LogP contribution is 2.44. The van der Waals surface area contributed by atoms with Gasteiger partial charge in [0.1, 0.15) is 0 Å². The Hall–Kier alpha value is -3.06. The minimum atomic E-state index is -0.961. The molecule has 2 aliphatic heterocycles. The lowest BCUT2D eigenvalue weighted by atomic mass is 10.1. The number of anilines is 2. The fourth-order valence-corrected chi connectivity index (χ4v) is 6.08. The number of carbonyl (C=O) groups is 4. The van der Waals surface area contributed by atoms with E-state index in [9.17, 15) is 19.2 Å². The van der Waals surface area contributed by atoms with E-state index in [1.165, 1.54) is 9.80 Å². The van der Waals surface area contributed by atoms with E-state index >= 15 is 0 Å². The van der Waals surface area contributed by atoms with E-state index < -0.39 is 23.8 Å². The molecule has 12 heteroatoms. The molecular formula is C22H14N2O6S4. The summed E-state index contributed by atoms with van der Waals surface area (Å²) in [5, 5.41) is 17.8.